The fraction of sp³-hybridized carbons (Fsp3) is 0.526. The zero-order valence-electron chi connectivity index (χ0n) is 14.4. The molecule has 0 radical (unpaired) electrons. The minimum Gasteiger partial charge on any atom is -0.352 e. The summed E-state index contributed by atoms with van der Waals surface area (Å²) < 4.78 is 0. The Hall–Kier alpha value is -2.37. The van der Waals surface area contributed by atoms with E-state index in [0.717, 1.165) is 44.3 Å². The molecule has 2 aliphatic rings. The van der Waals surface area contributed by atoms with Gasteiger partial charge < -0.3 is 15.5 Å². The molecule has 1 saturated heterocycles. The van der Waals surface area contributed by atoms with Crippen LogP contribution < -0.4 is 15.5 Å². The third-order valence-electron chi connectivity index (χ3n) is 4.89. The zero-order valence-corrected chi connectivity index (χ0v) is 14.4. The molecule has 0 unspecified atom stereocenters. The minimum absolute atomic E-state index is 0.0122. The lowest BCUT2D eigenvalue weighted by Crippen LogP contribution is -2.42. The number of amides is 3. The number of carbonyl (C=O) groups is 3. The van der Waals surface area contributed by atoms with Crippen molar-refractivity contribution in [2.75, 3.05) is 18.0 Å². The number of nitrogens with one attached hydrogen (secondary N) is 2. The van der Waals surface area contributed by atoms with Gasteiger partial charge in [0.15, 0.2) is 0 Å². The van der Waals surface area contributed by atoms with Crippen molar-refractivity contribution in [2.24, 2.45) is 0 Å². The fourth-order valence-corrected chi connectivity index (χ4v) is 3.50. The van der Waals surface area contributed by atoms with Gasteiger partial charge in [0.2, 0.25) is 11.8 Å². The van der Waals surface area contributed by atoms with Crippen LogP contribution in [0.4, 0.5) is 5.69 Å². The quantitative estimate of drug-likeness (QED) is 0.858. The third-order valence-corrected chi connectivity index (χ3v) is 4.89. The van der Waals surface area contributed by atoms with Crippen molar-refractivity contribution in [3.63, 3.8) is 0 Å². The second kappa shape index (κ2) is 8.14. The molecule has 6 nitrogen and oxygen atoms in total. The molecule has 134 valence electrons. The van der Waals surface area contributed by atoms with E-state index in [1.807, 2.05) is 0 Å². The fourth-order valence-electron chi connectivity index (χ4n) is 3.50. The molecule has 6 heteroatoms. The van der Waals surface area contributed by atoms with Crippen LogP contribution in [0.15, 0.2) is 24.3 Å². The van der Waals surface area contributed by atoms with E-state index in [1.54, 1.807) is 29.2 Å². The Bertz CT molecular complexity index is 636. The van der Waals surface area contributed by atoms with Crippen molar-refractivity contribution in [3.8, 4) is 0 Å². The highest BCUT2D eigenvalue weighted by Gasteiger charge is 2.22. The smallest absolute Gasteiger partial charge is 0.251 e. The number of nitrogens with zero attached hydrogens (tertiary/aromatic N) is 1. The van der Waals surface area contributed by atoms with E-state index in [9.17, 15) is 14.4 Å². The maximum Gasteiger partial charge on any atom is 0.251 e. The van der Waals surface area contributed by atoms with E-state index in [-0.39, 0.29) is 30.3 Å². The topological polar surface area (TPSA) is 78.5 Å². The lowest BCUT2D eigenvalue weighted by molar-refractivity contribution is -0.121. The van der Waals surface area contributed by atoms with E-state index >= 15 is 0 Å². The van der Waals surface area contributed by atoms with Crippen molar-refractivity contribution in [2.45, 2.75) is 51.0 Å². The summed E-state index contributed by atoms with van der Waals surface area (Å²) in [5.74, 6) is -0.297. The molecule has 0 bridgehead atoms. The van der Waals surface area contributed by atoms with Gasteiger partial charge in [0, 0.05) is 30.3 Å². The molecule has 1 aromatic carbocycles. The number of anilines is 1. The molecule has 3 amide bonds. The van der Waals surface area contributed by atoms with Gasteiger partial charge >= 0.3 is 0 Å². The van der Waals surface area contributed by atoms with Gasteiger partial charge in [-0.25, -0.2) is 0 Å². The zero-order chi connectivity index (χ0) is 17.6. The van der Waals surface area contributed by atoms with Gasteiger partial charge in [-0.05, 0) is 43.5 Å². The second-order valence-electron chi connectivity index (χ2n) is 6.78. The molecular weight excluding hydrogens is 318 g/mol. The summed E-state index contributed by atoms with van der Waals surface area (Å²) in [4.78, 5) is 37.6. The highest BCUT2D eigenvalue weighted by molar-refractivity contribution is 5.98. The van der Waals surface area contributed by atoms with Gasteiger partial charge in [-0.3, -0.25) is 14.4 Å². The molecule has 0 aromatic heterocycles. The van der Waals surface area contributed by atoms with Crippen molar-refractivity contribution < 1.29 is 14.4 Å². The Balaban J connectivity index is 1.47. The average molecular weight is 343 g/mol. The first-order valence-corrected chi connectivity index (χ1v) is 9.11. The summed E-state index contributed by atoms with van der Waals surface area (Å²) in [6.45, 7) is 0.716. The molecular formula is C19H25N3O3. The van der Waals surface area contributed by atoms with Gasteiger partial charge in [-0.15, -0.1) is 0 Å². The maximum absolute atomic E-state index is 12.2. The van der Waals surface area contributed by atoms with Crippen LogP contribution >= 0.6 is 0 Å². The number of benzene rings is 1. The molecule has 25 heavy (non-hydrogen) atoms. The lowest BCUT2D eigenvalue weighted by atomic mass is 9.95. The van der Waals surface area contributed by atoms with Gasteiger partial charge in [0.05, 0.1) is 6.54 Å². The predicted molar refractivity (Wildman–Crippen MR) is 95.4 cm³/mol. The van der Waals surface area contributed by atoms with Crippen LogP contribution in [0.3, 0.4) is 0 Å². The average Bonchev–Trinajstić information content (AvgIpc) is 3.07. The molecule has 1 aliphatic heterocycles. The van der Waals surface area contributed by atoms with Crippen LogP contribution in [-0.2, 0) is 9.59 Å². The molecule has 0 atom stereocenters. The number of carbonyl (C=O) groups excluding carboxylic acids is 3. The summed E-state index contributed by atoms with van der Waals surface area (Å²) in [6, 6.07) is 7.18. The summed E-state index contributed by atoms with van der Waals surface area (Å²) in [5.41, 5.74) is 1.30. The largest absolute Gasteiger partial charge is 0.352 e. The van der Waals surface area contributed by atoms with Crippen LogP contribution in [0.2, 0.25) is 0 Å². The van der Waals surface area contributed by atoms with E-state index < -0.39 is 0 Å². The van der Waals surface area contributed by atoms with Crippen LogP contribution in [-0.4, -0.2) is 36.9 Å². The molecule has 0 spiro atoms. The van der Waals surface area contributed by atoms with Crippen molar-refractivity contribution in [3.05, 3.63) is 29.8 Å². The Kier molecular flexibility index (Phi) is 5.68. The van der Waals surface area contributed by atoms with Gasteiger partial charge in [0.25, 0.3) is 5.91 Å². The number of rotatable bonds is 5. The van der Waals surface area contributed by atoms with Crippen LogP contribution in [0.5, 0.6) is 0 Å². The van der Waals surface area contributed by atoms with E-state index in [4.69, 9.17) is 0 Å². The molecule has 3 rings (SSSR count). The first-order chi connectivity index (χ1) is 12.1. The van der Waals surface area contributed by atoms with Gasteiger partial charge in [-0.2, -0.15) is 0 Å². The summed E-state index contributed by atoms with van der Waals surface area (Å²) in [6.07, 6.45) is 7.05. The highest BCUT2D eigenvalue weighted by atomic mass is 16.2. The Morgan fingerprint density at radius 1 is 1.04 bits per heavy atom. The van der Waals surface area contributed by atoms with Crippen LogP contribution in [0, 0.1) is 0 Å². The first kappa shape index (κ1) is 17.5. The molecule has 1 heterocycles. The molecule has 2 N–H and O–H groups in total. The second-order valence-corrected chi connectivity index (χ2v) is 6.78. The SMILES string of the molecule is O=C(CNC(=O)c1ccc(N2CCCC2=O)cc1)NC1CCCCC1. The molecule has 1 saturated carbocycles. The van der Waals surface area contributed by atoms with Crippen LogP contribution in [0.25, 0.3) is 0 Å². The Labute approximate surface area is 148 Å². The molecule has 1 aromatic rings. The Morgan fingerprint density at radius 3 is 2.40 bits per heavy atom. The van der Waals surface area contributed by atoms with Gasteiger partial charge in [-0.1, -0.05) is 19.3 Å². The summed E-state index contributed by atoms with van der Waals surface area (Å²) in [7, 11) is 0. The molecule has 2 fully saturated rings. The standard InChI is InChI=1S/C19H25N3O3/c23-17(21-15-5-2-1-3-6-15)13-20-19(25)14-8-10-16(11-9-14)22-12-4-7-18(22)24/h8-11,15H,1-7,12-13H2,(H,20,25)(H,21,23). The van der Waals surface area contributed by atoms with Crippen LogP contribution in [0.1, 0.15) is 55.3 Å². The highest BCUT2D eigenvalue weighted by Crippen LogP contribution is 2.21. The van der Waals surface area contributed by atoms with Gasteiger partial charge in [0.1, 0.15) is 0 Å². The predicted octanol–water partition coefficient (Wildman–Crippen LogP) is 1.99. The number of hydrogen-bond donors (Lipinski definition) is 2. The summed E-state index contributed by atoms with van der Waals surface area (Å²) in [5, 5.41) is 5.63. The number of hydrogen-bond acceptors (Lipinski definition) is 3. The van der Waals surface area contributed by atoms with Crippen molar-refractivity contribution in [1.82, 2.24) is 10.6 Å². The van der Waals surface area contributed by atoms with Crippen molar-refractivity contribution in [1.29, 1.82) is 0 Å². The van der Waals surface area contributed by atoms with E-state index in [0.29, 0.717) is 12.0 Å². The minimum atomic E-state index is -0.280. The summed E-state index contributed by atoms with van der Waals surface area (Å²) >= 11 is 0. The van der Waals surface area contributed by atoms with E-state index in [2.05, 4.69) is 10.6 Å². The monoisotopic (exact) mass is 343 g/mol. The van der Waals surface area contributed by atoms with Crippen molar-refractivity contribution >= 4 is 23.4 Å². The normalized spacial score (nSPS) is 18.2. The lowest BCUT2D eigenvalue weighted by Gasteiger charge is -2.22. The molecule has 1 aliphatic carbocycles. The first-order valence-electron chi connectivity index (χ1n) is 9.11. The maximum atomic E-state index is 12.2. The third kappa shape index (κ3) is 4.59. The Morgan fingerprint density at radius 2 is 1.76 bits per heavy atom. The van der Waals surface area contributed by atoms with E-state index in [1.165, 1.54) is 6.42 Å².